The molecule has 1 heterocycles. The van der Waals surface area contributed by atoms with Crippen molar-refractivity contribution in [3.63, 3.8) is 0 Å². The molecule has 0 aliphatic carbocycles. The van der Waals surface area contributed by atoms with Crippen LogP contribution in [0.5, 0.6) is 5.75 Å². The average molecular weight is 293 g/mol. The van der Waals surface area contributed by atoms with Gasteiger partial charge in [-0.05, 0) is 17.7 Å². The lowest BCUT2D eigenvalue weighted by Crippen LogP contribution is -2.50. The second kappa shape index (κ2) is 7.25. The quantitative estimate of drug-likeness (QED) is 0.866. The highest BCUT2D eigenvalue weighted by atomic mass is 35.5. The lowest BCUT2D eigenvalue weighted by atomic mass is 10.0. The Hall–Kier alpha value is -1.40. The first-order chi connectivity index (χ1) is 8.65. The number of carbonyl (C=O) groups excluding carboxylic acids is 1. The molecule has 19 heavy (non-hydrogen) atoms. The molecule has 0 spiro atoms. The molecule has 0 aromatic heterocycles. The number of nitrogens with one attached hydrogen (secondary N) is 2. The molecule has 4 nitrogen and oxygen atoms in total. The van der Waals surface area contributed by atoms with Crippen LogP contribution in [0.1, 0.15) is 5.56 Å². The van der Waals surface area contributed by atoms with Gasteiger partial charge in [0.25, 0.3) is 0 Å². The largest absolute Gasteiger partial charge is 0.435 e. The Kier molecular flexibility index (Phi) is 5.98. The van der Waals surface area contributed by atoms with Crippen molar-refractivity contribution in [2.24, 2.45) is 5.92 Å². The van der Waals surface area contributed by atoms with Gasteiger partial charge < -0.3 is 15.4 Å². The second-order valence-electron chi connectivity index (χ2n) is 4.10. The molecule has 2 rings (SSSR count). The number of alkyl halides is 2. The van der Waals surface area contributed by atoms with Crippen molar-refractivity contribution in [1.29, 1.82) is 0 Å². The smallest absolute Gasteiger partial charge is 0.387 e. The molecule has 0 saturated carbocycles. The summed E-state index contributed by atoms with van der Waals surface area (Å²) in [5.41, 5.74) is 0.845. The number of carbonyl (C=O) groups is 1. The van der Waals surface area contributed by atoms with E-state index in [4.69, 9.17) is 0 Å². The second-order valence-corrected chi connectivity index (χ2v) is 4.10. The van der Waals surface area contributed by atoms with Crippen molar-refractivity contribution in [3.05, 3.63) is 29.8 Å². The first kappa shape index (κ1) is 15.7. The van der Waals surface area contributed by atoms with Crippen LogP contribution in [0.15, 0.2) is 24.3 Å². The number of halogens is 3. The molecule has 106 valence electrons. The van der Waals surface area contributed by atoms with Crippen LogP contribution >= 0.6 is 12.4 Å². The zero-order valence-corrected chi connectivity index (χ0v) is 10.9. The summed E-state index contributed by atoms with van der Waals surface area (Å²) >= 11 is 0. The third-order valence-corrected chi connectivity index (χ3v) is 2.77. The van der Waals surface area contributed by atoms with E-state index < -0.39 is 6.61 Å². The molecule has 1 amide bonds. The number of hydrogen-bond acceptors (Lipinski definition) is 3. The van der Waals surface area contributed by atoms with Gasteiger partial charge in [0.15, 0.2) is 0 Å². The number of benzene rings is 1. The maximum atomic E-state index is 11.9. The highest BCUT2D eigenvalue weighted by Crippen LogP contribution is 2.14. The van der Waals surface area contributed by atoms with Crippen molar-refractivity contribution >= 4 is 18.3 Å². The maximum Gasteiger partial charge on any atom is 0.387 e. The van der Waals surface area contributed by atoms with Crippen LogP contribution in [0.2, 0.25) is 0 Å². The standard InChI is InChI=1S/C12H14F2N2O2.ClH/c13-12(14)18-10-3-1-8(2-4-10)5-16-11(17)9-6-15-7-9;/h1-4,9,12,15H,5-7H2,(H,16,17);1H. The van der Waals surface area contributed by atoms with Gasteiger partial charge in [0.05, 0.1) is 5.92 Å². The van der Waals surface area contributed by atoms with Crippen LogP contribution in [-0.4, -0.2) is 25.6 Å². The Morgan fingerprint density at radius 3 is 2.47 bits per heavy atom. The van der Waals surface area contributed by atoms with Gasteiger partial charge in [-0.25, -0.2) is 0 Å². The minimum absolute atomic E-state index is 0. The molecule has 0 atom stereocenters. The molecule has 1 saturated heterocycles. The summed E-state index contributed by atoms with van der Waals surface area (Å²) in [5, 5.41) is 5.81. The summed E-state index contributed by atoms with van der Waals surface area (Å²) in [4.78, 5) is 11.5. The summed E-state index contributed by atoms with van der Waals surface area (Å²) in [6, 6.07) is 6.21. The van der Waals surface area contributed by atoms with Gasteiger partial charge in [-0.15, -0.1) is 12.4 Å². The number of hydrogen-bond donors (Lipinski definition) is 2. The minimum Gasteiger partial charge on any atom is -0.435 e. The molecular weight excluding hydrogens is 278 g/mol. The molecule has 0 unspecified atom stereocenters. The monoisotopic (exact) mass is 292 g/mol. The Labute approximate surface area is 115 Å². The third kappa shape index (κ3) is 4.65. The lowest BCUT2D eigenvalue weighted by Gasteiger charge is -2.25. The molecule has 0 bridgehead atoms. The number of ether oxygens (including phenoxy) is 1. The average Bonchev–Trinajstić information content (AvgIpc) is 2.25. The zero-order chi connectivity index (χ0) is 13.0. The topological polar surface area (TPSA) is 50.4 Å². The molecule has 1 aliphatic heterocycles. The van der Waals surface area contributed by atoms with Crippen molar-refractivity contribution in [2.45, 2.75) is 13.2 Å². The Morgan fingerprint density at radius 2 is 2.00 bits per heavy atom. The maximum absolute atomic E-state index is 11.9. The first-order valence-corrected chi connectivity index (χ1v) is 5.67. The van der Waals surface area contributed by atoms with E-state index in [-0.39, 0.29) is 30.0 Å². The number of amides is 1. The molecule has 1 aromatic rings. The van der Waals surface area contributed by atoms with Crippen molar-refractivity contribution in [2.75, 3.05) is 13.1 Å². The molecule has 1 aliphatic rings. The van der Waals surface area contributed by atoms with Gasteiger partial charge in [0.2, 0.25) is 5.91 Å². The Bertz CT molecular complexity index is 411. The van der Waals surface area contributed by atoms with Crippen LogP contribution < -0.4 is 15.4 Å². The van der Waals surface area contributed by atoms with Crippen molar-refractivity contribution < 1.29 is 18.3 Å². The fourth-order valence-corrected chi connectivity index (χ4v) is 1.60. The highest BCUT2D eigenvalue weighted by Gasteiger charge is 2.24. The van der Waals surface area contributed by atoms with Gasteiger partial charge in [-0.2, -0.15) is 8.78 Å². The van der Waals surface area contributed by atoms with Crippen LogP contribution in [0.25, 0.3) is 0 Å². The molecule has 1 aromatic carbocycles. The predicted octanol–water partition coefficient (Wildman–Crippen LogP) is 1.55. The third-order valence-electron chi connectivity index (χ3n) is 2.77. The first-order valence-electron chi connectivity index (χ1n) is 5.67. The van der Waals surface area contributed by atoms with E-state index in [0.717, 1.165) is 5.56 Å². The molecule has 0 radical (unpaired) electrons. The van der Waals surface area contributed by atoms with Crippen molar-refractivity contribution in [3.8, 4) is 5.75 Å². The zero-order valence-electron chi connectivity index (χ0n) is 10.1. The van der Waals surface area contributed by atoms with Gasteiger partial charge in [0, 0.05) is 19.6 Å². The van der Waals surface area contributed by atoms with Crippen LogP contribution in [-0.2, 0) is 11.3 Å². The normalized spacial score (nSPS) is 14.5. The van der Waals surface area contributed by atoms with E-state index in [1.54, 1.807) is 12.1 Å². The fraction of sp³-hybridized carbons (Fsp3) is 0.417. The van der Waals surface area contributed by atoms with E-state index in [0.29, 0.717) is 19.6 Å². The minimum atomic E-state index is -2.82. The van der Waals surface area contributed by atoms with Gasteiger partial charge in [-0.3, -0.25) is 4.79 Å². The summed E-state index contributed by atoms with van der Waals surface area (Å²) in [6.45, 7) is -0.994. The lowest BCUT2D eigenvalue weighted by molar-refractivity contribution is -0.126. The summed E-state index contributed by atoms with van der Waals surface area (Å²) < 4.78 is 28.1. The fourth-order valence-electron chi connectivity index (χ4n) is 1.60. The van der Waals surface area contributed by atoms with Crippen LogP contribution in [0, 0.1) is 5.92 Å². The van der Waals surface area contributed by atoms with E-state index in [2.05, 4.69) is 15.4 Å². The molecular formula is C12H15ClF2N2O2. The molecule has 2 N–H and O–H groups in total. The highest BCUT2D eigenvalue weighted by molar-refractivity contribution is 5.85. The number of rotatable bonds is 5. The van der Waals surface area contributed by atoms with Gasteiger partial charge in [0.1, 0.15) is 5.75 Å². The van der Waals surface area contributed by atoms with E-state index in [9.17, 15) is 13.6 Å². The van der Waals surface area contributed by atoms with Crippen LogP contribution in [0.3, 0.4) is 0 Å². The van der Waals surface area contributed by atoms with E-state index >= 15 is 0 Å². The summed E-state index contributed by atoms with van der Waals surface area (Å²) in [6.07, 6.45) is 0. The van der Waals surface area contributed by atoms with E-state index in [1.807, 2.05) is 0 Å². The van der Waals surface area contributed by atoms with Gasteiger partial charge in [-0.1, -0.05) is 12.1 Å². The predicted molar refractivity (Wildman–Crippen MR) is 68.5 cm³/mol. The van der Waals surface area contributed by atoms with E-state index in [1.165, 1.54) is 12.1 Å². The van der Waals surface area contributed by atoms with Gasteiger partial charge >= 0.3 is 6.61 Å². The SMILES string of the molecule is Cl.O=C(NCc1ccc(OC(F)F)cc1)C1CNC1. The molecule has 1 fully saturated rings. The van der Waals surface area contributed by atoms with Crippen LogP contribution in [0.4, 0.5) is 8.78 Å². The Balaban J connectivity index is 0.00000180. The Morgan fingerprint density at radius 1 is 1.37 bits per heavy atom. The van der Waals surface area contributed by atoms with Crippen molar-refractivity contribution in [1.82, 2.24) is 10.6 Å². The molecule has 7 heteroatoms. The summed E-state index contributed by atoms with van der Waals surface area (Å²) in [5.74, 6) is 0.177. The summed E-state index contributed by atoms with van der Waals surface area (Å²) in [7, 11) is 0.